The number of benzene rings is 3. The Morgan fingerprint density at radius 3 is 2.50 bits per heavy atom. The molecule has 2 heterocycles. The quantitative estimate of drug-likeness (QED) is 0.184. The predicted octanol–water partition coefficient (Wildman–Crippen LogP) is 6.40. The summed E-state index contributed by atoms with van der Waals surface area (Å²) in [5, 5.41) is 18.4. The van der Waals surface area contributed by atoms with E-state index in [1.165, 1.54) is 36.5 Å². The zero-order valence-corrected chi connectivity index (χ0v) is 23.0. The first-order valence-electron chi connectivity index (χ1n) is 13.6. The molecule has 6 rings (SSSR count). The molecule has 0 unspecified atom stereocenters. The van der Waals surface area contributed by atoms with Gasteiger partial charge in [-0.05, 0) is 66.9 Å². The van der Waals surface area contributed by atoms with Crippen molar-refractivity contribution in [2.45, 2.75) is 32.4 Å². The van der Waals surface area contributed by atoms with Crippen molar-refractivity contribution >= 4 is 17.0 Å². The number of halogens is 4. The molecule has 8 nitrogen and oxygen atoms in total. The Morgan fingerprint density at radius 1 is 1.00 bits per heavy atom. The summed E-state index contributed by atoms with van der Waals surface area (Å²) in [5.41, 5.74) is 0.569. The molecule has 44 heavy (non-hydrogen) atoms. The Kier molecular flexibility index (Phi) is 7.47. The summed E-state index contributed by atoms with van der Waals surface area (Å²) < 4.78 is 66.1. The highest BCUT2D eigenvalue weighted by molar-refractivity contribution is 5.92. The number of carbonyl (C=O) groups is 1. The van der Waals surface area contributed by atoms with Crippen LogP contribution in [0.2, 0.25) is 0 Å². The van der Waals surface area contributed by atoms with E-state index in [0.29, 0.717) is 29.7 Å². The first-order chi connectivity index (χ1) is 21.2. The highest BCUT2D eigenvalue weighted by atomic mass is 19.1. The number of nitriles is 1. The lowest BCUT2D eigenvalue weighted by Crippen LogP contribution is -2.16. The molecule has 0 atom stereocenters. The van der Waals surface area contributed by atoms with Crippen LogP contribution in [0.15, 0.2) is 60.8 Å². The van der Waals surface area contributed by atoms with Gasteiger partial charge in [-0.15, -0.1) is 0 Å². The van der Waals surface area contributed by atoms with Crippen LogP contribution in [0.4, 0.5) is 17.6 Å². The second kappa shape index (κ2) is 11.4. The van der Waals surface area contributed by atoms with Crippen molar-refractivity contribution in [1.29, 1.82) is 5.26 Å². The minimum atomic E-state index is -1.13. The van der Waals surface area contributed by atoms with E-state index in [1.807, 2.05) is 6.07 Å². The zero-order chi connectivity index (χ0) is 31.0. The molecule has 1 fully saturated rings. The van der Waals surface area contributed by atoms with Gasteiger partial charge in [-0.3, -0.25) is 4.39 Å². The lowest BCUT2D eigenvalue weighted by Gasteiger charge is -2.16. The number of imidazole rings is 1. The van der Waals surface area contributed by atoms with E-state index in [0.717, 1.165) is 18.2 Å². The van der Waals surface area contributed by atoms with Gasteiger partial charge < -0.3 is 14.4 Å². The number of aromatic nitrogens is 4. The van der Waals surface area contributed by atoms with Gasteiger partial charge in [-0.25, -0.2) is 27.9 Å². The van der Waals surface area contributed by atoms with Crippen molar-refractivity contribution in [2.24, 2.45) is 5.41 Å². The van der Waals surface area contributed by atoms with Crippen molar-refractivity contribution in [3.63, 3.8) is 0 Å². The number of carboxylic acids is 1. The van der Waals surface area contributed by atoms with Gasteiger partial charge in [0.05, 0.1) is 40.6 Å². The van der Waals surface area contributed by atoms with Crippen LogP contribution in [-0.2, 0) is 19.6 Å². The number of hydrogen-bond donors (Lipinski definition) is 1. The number of ether oxygens (including phenoxy) is 1. The van der Waals surface area contributed by atoms with Gasteiger partial charge in [-0.1, -0.05) is 6.07 Å². The molecule has 0 saturated heterocycles. The van der Waals surface area contributed by atoms with Crippen LogP contribution in [-0.4, -0.2) is 37.3 Å². The van der Waals surface area contributed by atoms with Crippen LogP contribution in [0.25, 0.3) is 22.3 Å². The molecule has 3 aromatic carbocycles. The fourth-order valence-electron chi connectivity index (χ4n) is 4.99. The third-order valence-electron chi connectivity index (χ3n) is 7.74. The Balaban J connectivity index is 1.27. The van der Waals surface area contributed by atoms with Gasteiger partial charge in [0.15, 0.2) is 0 Å². The minimum Gasteiger partial charge on any atom is -0.478 e. The molecular formula is C32H23F4N5O3. The molecule has 0 amide bonds. The first-order valence-corrected chi connectivity index (χ1v) is 13.6. The van der Waals surface area contributed by atoms with Crippen LogP contribution in [0.5, 0.6) is 6.01 Å². The first kappa shape index (κ1) is 28.8. The minimum absolute atomic E-state index is 0.00631. The molecule has 0 aliphatic heterocycles. The molecule has 0 spiro atoms. The van der Waals surface area contributed by atoms with E-state index in [9.17, 15) is 18.7 Å². The Hall–Kier alpha value is -5.31. The average molecular weight is 602 g/mol. The Labute approximate surface area is 248 Å². The smallest absolute Gasteiger partial charge is 0.335 e. The Bertz CT molecular complexity index is 1970. The van der Waals surface area contributed by atoms with E-state index in [2.05, 4.69) is 15.0 Å². The van der Waals surface area contributed by atoms with E-state index >= 15 is 8.78 Å². The van der Waals surface area contributed by atoms with Crippen LogP contribution in [0.3, 0.4) is 0 Å². The molecule has 0 radical (unpaired) electrons. The number of hydrogen-bond acceptors (Lipinski definition) is 6. The second-order valence-corrected chi connectivity index (χ2v) is 10.8. The number of carboxylic acid groups (broad SMARTS) is 1. The molecule has 2 aromatic heterocycles. The van der Waals surface area contributed by atoms with Gasteiger partial charge in [0.2, 0.25) is 0 Å². The van der Waals surface area contributed by atoms with Crippen LogP contribution >= 0.6 is 0 Å². The number of rotatable bonds is 10. The van der Waals surface area contributed by atoms with Crippen LogP contribution < -0.4 is 4.74 Å². The molecule has 1 aliphatic rings. The third kappa shape index (κ3) is 5.68. The molecule has 1 N–H and O–H groups in total. The monoisotopic (exact) mass is 601 g/mol. The number of nitrogens with zero attached hydrogens (tertiary/aromatic N) is 5. The largest absolute Gasteiger partial charge is 0.478 e. The fraction of sp³-hybridized carbons (Fsp3) is 0.219. The van der Waals surface area contributed by atoms with Gasteiger partial charge in [0.25, 0.3) is 0 Å². The number of alkyl halides is 1. The summed E-state index contributed by atoms with van der Waals surface area (Å²) in [6, 6.07) is 13.4. The van der Waals surface area contributed by atoms with Crippen LogP contribution in [0.1, 0.15) is 45.7 Å². The maximum atomic E-state index is 15.5. The SMILES string of the molecule is N#Cc1ccc(COc2nccc(-c3cc(F)c(Cc4nc5ccc(C(=O)O)cc5n4CC4(CF)CC4)cc3F)n2)c(F)c1. The van der Waals surface area contributed by atoms with E-state index < -0.39 is 35.5 Å². The van der Waals surface area contributed by atoms with Crippen molar-refractivity contribution in [3.05, 3.63) is 106 Å². The maximum Gasteiger partial charge on any atom is 0.335 e. The lowest BCUT2D eigenvalue weighted by atomic mass is 10.0. The summed E-state index contributed by atoms with van der Waals surface area (Å²) in [6.45, 7) is -0.582. The standard InChI is InChI=1S/C32H23F4N5O3/c33-16-32(6-7-32)17-41-28-11-19(30(42)43)3-4-27(28)39-29(41)12-21-10-25(36)22(13-24(21)35)26-5-8-38-31(40-26)44-15-20-2-1-18(14-37)9-23(20)34/h1-5,8-11,13H,6-7,12,15-17H2,(H,42,43). The Morgan fingerprint density at radius 2 is 1.80 bits per heavy atom. The highest BCUT2D eigenvalue weighted by Gasteiger charge is 2.44. The van der Waals surface area contributed by atoms with Gasteiger partial charge in [0.1, 0.15) is 29.9 Å². The summed E-state index contributed by atoms with van der Waals surface area (Å²) in [6.07, 6.45) is 2.49. The normalized spacial score (nSPS) is 13.5. The molecular weight excluding hydrogens is 578 g/mol. The summed E-state index contributed by atoms with van der Waals surface area (Å²) >= 11 is 0. The van der Waals surface area contributed by atoms with Gasteiger partial charge in [-0.2, -0.15) is 10.2 Å². The number of fused-ring (bicyclic) bond motifs is 1. The topological polar surface area (TPSA) is 114 Å². The third-order valence-corrected chi connectivity index (χ3v) is 7.74. The zero-order valence-electron chi connectivity index (χ0n) is 23.0. The number of aromatic carboxylic acids is 1. The molecule has 1 aliphatic carbocycles. The highest BCUT2D eigenvalue weighted by Crippen LogP contribution is 2.48. The van der Waals surface area contributed by atoms with Crippen molar-refractivity contribution in [2.75, 3.05) is 6.67 Å². The predicted molar refractivity (Wildman–Crippen MR) is 150 cm³/mol. The van der Waals surface area contributed by atoms with Gasteiger partial charge in [0, 0.05) is 35.7 Å². The molecule has 222 valence electrons. The van der Waals surface area contributed by atoms with Crippen LogP contribution in [0, 0.1) is 34.2 Å². The van der Waals surface area contributed by atoms with E-state index in [1.54, 1.807) is 10.6 Å². The molecule has 0 bridgehead atoms. The maximum absolute atomic E-state index is 15.5. The fourth-order valence-corrected chi connectivity index (χ4v) is 4.99. The summed E-state index contributed by atoms with van der Waals surface area (Å²) in [4.78, 5) is 24.2. The van der Waals surface area contributed by atoms with E-state index in [4.69, 9.17) is 10.00 Å². The average Bonchev–Trinajstić information content (AvgIpc) is 3.73. The lowest BCUT2D eigenvalue weighted by molar-refractivity contribution is 0.0697. The summed E-state index contributed by atoms with van der Waals surface area (Å²) in [5.74, 6) is -2.94. The summed E-state index contributed by atoms with van der Waals surface area (Å²) in [7, 11) is 0. The van der Waals surface area contributed by atoms with Crippen molar-refractivity contribution < 1.29 is 32.2 Å². The molecule has 12 heteroatoms. The molecule has 5 aromatic rings. The second-order valence-electron chi connectivity index (χ2n) is 10.8. The van der Waals surface area contributed by atoms with Crippen molar-refractivity contribution in [1.82, 2.24) is 19.5 Å². The van der Waals surface area contributed by atoms with E-state index in [-0.39, 0.29) is 59.1 Å². The molecule has 1 saturated carbocycles. The van der Waals surface area contributed by atoms with Gasteiger partial charge >= 0.3 is 12.0 Å². The van der Waals surface area contributed by atoms with Crippen molar-refractivity contribution in [3.8, 4) is 23.3 Å².